The van der Waals surface area contributed by atoms with Crippen molar-refractivity contribution in [3.63, 3.8) is 0 Å². The number of aromatic nitrogens is 1. The molecule has 26 heavy (non-hydrogen) atoms. The van der Waals surface area contributed by atoms with Crippen molar-refractivity contribution < 1.29 is 17.7 Å². The van der Waals surface area contributed by atoms with E-state index >= 15 is 0 Å². The molecule has 0 atom stereocenters. The molecule has 2 saturated heterocycles. The molecule has 2 aromatic rings. The second kappa shape index (κ2) is 7.13. The first kappa shape index (κ1) is 17.7. The van der Waals surface area contributed by atoms with Gasteiger partial charge in [0.15, 0.2) is 11.5 Å². The molecule has 2 aliphatic heterocycles. The lowest BCUT2D eigenvalue weighted by Crippen LogP contribution is -2.53. The number of carbonyl (C=O) groups excluding carboxylic acids is 1. The van der Waals surface area contributed by atoms with E-state index < -0.39 is 9.84 Å². The predicted molar refractivity (Wildman–Crippen MR) is 99.0 cm³/mol. The Kier molecular flexibility index (Phi) is 4.85. The Balaban J connectivity index is 1.34. The maximum atomic E-state index is 12.7. The fourth-order valence-electron chi connectivity index (χ4n) is 3.61. The highest BCUT2D eigenvalue weighted by Gasteiger charge is 2.31. The summed E-state index contributed by atoms with van der Waals surface area (Å²) in [6, 6.07) is 5.88. The second-order valence-electron chi connectivity index (χ2n) is 6.76. The first-order valence-corrected chi connectivity index (χ1v) is 11.5. The van der Waals surface area contributed by atoms with Gasteiger partial charge in [0.05, 0.1) is 16.4 Å². The van der Waals surface area contributed by atoms with Gasteiger partial charge in [-0.2, -0.15) is 0 Å². The molecule has 0 bridgehead atoms. The topological polar surface area (TPSA) is 83.7 Å². The monoisotopic (exact) mass is 395 g/mol. The Hall–Kier alpha value is -1.71. The second-order valence-corrected chi connectivity index (χ2v) is 10.0. The number of hydrogen-bond acceptors (Lipinski definition) is 7. The first-order valence-electron chi connectivity index (χ1n) is 8.76. The molecule has 0 saturated carbocycles. The zero-order valence-corrected chi connectivity index (χ0v) is 16.0. The van der Waals surface area contributed by atoms with E-state index in [1.165, 1.54) is 0 Å². The van der Waals surface area contributed by atoms with Crippen molar-refractivity contribution in [2.75, 3.05) is 37.7 Å². The van der Waals surface area contributed by atoms with Crippen molar-refractivity contribution in [2.24, 2.45) is 0 Å². The number of piperazine rings is 1. The maximum Gasteiger partial charge on any atom is 0.276 e. The van der Waals surface area contributed by atoms with Crippen LogP contribution in [0.25, 0.3) is 10.6 Å². The van der Waals surface area contributed by atoms with Gasteiger partial charge in [0.2, 0.25) is 0 Å². The quantitative estimate of drug-likeness (QED) is 0.787. The van der Waals surface area contributed by atoms with Gasteiger partial charge >= 0.3 is 0 Å². The van der Waals surface area contributed by atoms with Crippen LogP contribution in [0.3, 0.4) is 0 Å². The van der Waals surface area contributed by atoms with E-state index in [1.807, 2.05) is 17.5 Å². The van der Waals surface area contributed by atoms with E-state index in [4.69, 9.17) is 4.52 Å². The minimum absolute atomic E-state index is 0.109. The fourth-order valence-corrected chi connectivity index (χ4v) is 5.75. The molecule has 0 spiro atoms. The van der Waals surface area contributed by atoms with Gasteiger partial charge in [0, 0.05) is 38.3 Å². The molecule has 2 aromatic heterocycles. The number of thiophene rings is 1. The molecule has 0 unspecified atom stereocenters. The summed E-state index contributed by atoms with van der Waals surface area (Å²) in [5.41, 5.74) is 0.339. The van der Waals surface area contributed by atoms with Crippen molar-refractivity contribution in [1.29, 1.82) is 0 Å². The van der Waals surface area contributed by atoms with E-state index in [9.17, 15) is 13.2 Å². The molecular weight excluding hydrogens is 374 g/mol. The SMILES string of the molecule is O=C(c1cc(-c2cccs2)on1)N1CCN(C2CCS(=O)(=O)CC2)CC1. The Morgan fingerprint density at radius 2 is 1.92 bits per heavy atom. The van der Waals surface area contributed by atoms with Crippen LogP contribution >= 0.6 is 11.3 Å². The normalized spacial score (nSPS) is 21.8. The molecule has 0 aromatic carbocycles. The van der Waals surface area contributed by atoms with Crippen LogP contribution in [0.4, 0.5) is 0 Å². The van der Waals surface area contributed by atoms with Crippen LogP contribution in [-0.2, 0) is 9.84 Å². The van der Waals surface area contributed by atoms with Gasteiger partial charge in [-0.05, 0) is 24.3 Å². The summed E-state index contributed by atoms with van der Waals surface area (Å²) >= 11 is 1.54. The van der Waals surface area contributed by atoms with Crippen molar-refractivity contribution >= 4 is 27.1 Å². The molecule has 4 rings (SSSR count). The molecule has 4 heterocycles. The van der Waals surface area contributed by atoms with Gasteiger partial charge < -0.3 is 9.42 Å². The average Bonchev–Trinajstić information content (AvgIpc) is 3.33. The molecule has 9 heteroatoms. The number of hydrogen-bond donors (Lipinski definition) is 0. The van der Waals surface area contributed by atoms with Crippen LogP contribution in [0.2, 0.25) is 0 Å². The molecule has 1 amide bonds. The lowest BCUT2D eigenvalue weighted by atomic mass is 10.1. The van der Waals surface area contributed by atoms with Crippen molar-refractivity contribution in [2.45, 2.75) is 18.9 Å². The lowest BCUT2D eigenvalue weighted by Gasteiger charge is -2.40. The van der Waals surface area contributed by atoms with Gasteiger partial charge in [0.25, 0.3) is 5.91 Å². The first-order chi connectivity index (χ1) is 12.5. The highest BCUT2D eigenvalue weighted by molar-refractivity contribution is 7.91. The highest BCUT2D eigenvalue weighted by Crippen LogP contribution is 2.26. The minimum Gasteiger partial charge on any atom is -0.355 e. The fraction of sp³-hybridized carbons (Fsp3) is 0.529. The summed E-state index contributed by atoms with van der Waals surface area (Å²) < 4.78 is 28.5. The van der Waals surface area contributed by atoms with E-state index in [0.29, 0.717) is 43.4 Å². The van der Waals surface area contributed by atoms with Gasteiger partial charge in [-0.25, -0.2) is 8.42 Å². The number of sulfone groups is 1. The van der Waals surface area contributed by atoms with Crippen LogP contribution in [-0.4, -0.2) is 73.0 Å². The zero-order valence-electron chi connectivity index (χ0n) is 14.3. The molecule has 140 valence electrons. The third kappa shape index (κ3) is 3.70. The lowest BCUT2D eigenvalue weighted by molar-refractivity contribution is 0.0549. The van der Waals surface area contributed by atoms with Gasteiger partial charge in [-0.3, -0.25) is 9.69 Å². The van der Waals surface area contributed by atoms with Crippen LogP contribution in [0.15, 0.2) is 28.1 Å². The zero-order chi connectivity index (χ0) is 18.1. The Bertz CT molecular complexity index is 854. The van der Waals surface area contributed by atoms with Crippen molar-refractivity contribution in [3.8, 4) is 10.6 Å². The summed E-state index contributed by atoms with van der Waals surface area (Å²) in [5, 5.41) is 5.89. The largest absolute Gasteiger partial charge is 0.355 e. The van der Waals surface area contributed by atoms with Crippen molar-refractivity contribution in [1.82, 2.24) is 15.0 Å². The van der Waals surface area contributed by atoms with Gasteiger partial charge in [-0.15, -0.1) is 11.3 Å². The summed E-state index contributed by atoms with van der Waals surface area (Å²) in [6.45, 7) is 2.80. The number of amides is 1. The van der Waals surface area contributed by atoms with Crippen molar-refractivity contribution in [3.05, 3.63) is 29.3 Å². The third-order valence-corrected chi connectivity index (χ3v) is 7.74. The summed E-state index contributed by atoms with van der Waals surface area (Å²) in [4.78, 5) is 17.7. The number of nitrogens with zero attached hydrogens (tertiary/aromatic N) is 3. The van der Waals surface area contributed by atoms with E-state index in [-0.39, 0.29) is 17.4 Å². The summed E-state index contributed by atoms with van der Waals surface area (Å²) in [6.07, 6.45) is 1.40. The van der Waals surface area contributed by atoms with Crippen LogP contribution in [0, 0.1) is 0 Å². The molecular formula is C17H21N3O4S2. The standard InChI is InChI=1S/C17H21N3O4S2/c21-17(14-12-15(24-18-14)16-2-1-9-25-16)20-7-5-19(6-8-20)13-3-10-26(22,23)11-4-13/h1-2,9,12-13H,3-8,10-11H2. The average molecular weight is 396 g/mol. The molecule has 0 radical (unpaired) electrons. The molecule has 7 nitrogen and oxygen atoms in total. The minimum atomic E-state index is -2.84. The smallest absolute Gasteiger partial charge is 0.276 e. The Morgan fingerprint density at radius 3 is 2.58 bits per heavy atom. The maximum absolute atomic E-state index is 12.7. The summed E-state index contributed by atoms with van der Waals surface area (Å²) in [5.74, 6) is 1.07. The van der Waals surface area contributed by atoms with Gasteiger partial charge in [0.1, 0.15) is 9.84 Å². The van der Waals surface area contributed by atoms with Crippen LogP contribution in [0.5, 0.6) is 0 Å². The molecule has 2 aliphatic rings. The molecule has 0 N–H and O–H groups in total. The van der Waals surface area contributed by atoms with Crippen LogP contribution < -0.4 is 0 Å². The highest BCUT2D eigenvalue weighted by atomic mass is 32.2. The van der Waals surface area contributed by atoms with E-state index in [1.54, 1.807) is 22.3 Å². The summed E-state index contributed by atoms with van der Waals surface area (Å²) in [7, 11) is -2.84. The Labute approximate surface area is 156 Å². The molecule has 2 fully saturated rings. The Morgan fingerprint density at radius 1 is 1.19 bits per heavy atom. The number of carbonyl (C=O) groups is 1. The third-order valence-electron chi connectivity index (χ3n) is 5.14. The van der Waals surface area contributed by atoms with Crippen LogP contribution in [0.1, 0.15) is 23.3 Å². The predicted octanol–water partition coefficient (Wildman–Crippen LogP) is 1.74. The van der Waals surface area contributed by atoms with E-state index in [0.717, 1.165) is 18.0 Å². The van der Waals surface area contributed by atoms with Gasteiger partial charge in [-0.1, -0.05) is 11.2 Å². The van der Waals surface area contributed by atoms with E-state index in [2.05, 4.69) is 10.1 Å². The molecule has 0 aliphatic carbocycles. The number of rotatable bonds is 3.